The molecule has 0 saturated heterocycles. The molecule has 1 aliphatic carbocycles. The maximum Gasteiger partial charge on any atom is 0.335 e. The van der Waals surface area contributed by atoms with Gasteiger partial charge in [0.1, 0.15) is 11.6 Å². The molecular formula is C23H24FNO3. The number of hydrogen-bond donors (Lipinski definition) is 2. The van der Waals surface area contributed by atoms with Gasteiger partial charge in [-0.2, -0.15) is 0 Å². The van der Waals surface area contributed by atoms with Gasteiger partial charge in [0, 0.05) is 18.0 Å². The highest BCUT2D eigenvalue weighted by molar-refractivity contribution is 5.88. The highest BCUT2D eigenvalue weighted by Crippen LogP contribution is 2.45. The summed E-state index contributed by atoms with van der Waals surface area (Å²) in [5.74, 6) is -1.04. The van der Waals surface area contributed by atoms with Crippen LogP contribution in [0, 0.1) is 17.2 Å². The standard InChI is InChI=1S/C23H24FNO3/c1-23(2)12-17-10-15(22(27)28)6-8-19(17)25-21(23)14-5-7-18(24)16(9-14)11-20(26)13-3-4-13/h5-10,13,21,25H,3-4,11-12H2,1-2H3,(H,27,28). The van der Waals surface area contributed by atoms with E-state index in [2.05, 4.69) is 19.2 Å². The van der Waals surface area contributed by atoms with E-state index in [1.165, 1.54) is 6.07 Å². The summed E-state index contributed by atoms with van der Waals surface area (Å²) in [6.07, 6.45) is 2.70. The molecule has 2 aliphatic rings. The van der Waals surface area contributed by atoms with Crippen LogP contribution < -0.4 is 5.32 Å². The molecule has 0 aromatic heterocycles. The molecule has 2 aromatic carbocycles. The topological polar surface area (TPSA) is 66.4 Å². The van der Waals surface area contributed by atoms with E-state index in [9.17, 15) is 19.1 Å². The number of benzene rings is 2. The number of carbonyl (C=O) groups excluding carboxylic acids is 1. The second kappa shape index (κ2) is 6.73. The first kappa shape index (κ1) is 18.7. The quantitative estimate of drug-likeness (QED) is 0.782. The molecular weight excluding hydrogens is 357 g/mol. The Labute approximate surface area is 163 Å². The third-order valence-electron chi connectivity index (χ3n) is 5.88. The summed E-state index contributed by atoms with van der Waals surface area (Å²) in [5, 5.41) is 12.7. The molecule has 0 amide bonds. The number of anilines is 1. The third-order valence-corrected chi connectivity index (χ3v) is 5.88. The van der Waals surface area contributed by atoms with Gasteiger partial charge >= 0.3 is 5.97 Å². The van der Waals surface area contributed by atoms with Crippen molar-refractivity contribution in [3.63, 3.8) is 0 Å². The van der Waals surface area contributed by atoms with Crippen molar-refractivity contribution in [3.05, 3.63) is 64.5 Å². The fourth-order valence-corrected chi connectivity index (χ4v) is 4.14. The summed E-state index contributed by atoms with van der Waals surface area (Å²) in [5.41, 5.74) is 3.33. The van der Waals surface area contributed by atoms with Crippen LogP contribution in [0.5, 0.6) is 0 Å². The minimum Gasteiger partial charge on any atom is -0.478 e. The van der Waals surface area contributed by atoms with Crippen LogP contribution in [0.3, 0.4) is 0 Å². The van der Waals surface area contributed by atoms with E-state index < -0.39 is 5.97 Å². The molecule has 4 rings (SSSR count). The molecule has 1 unspecified atom stereocenters. The van der Waals surface area contributed by atoms with E-state index in [-0.39, 0.29) is 41.0 Å². The second-order valence-electron chi connectivity index (χ2n) is 8.69. The van der Waals surface area contributed by atoms with E-state index in [1.807, 2.05) is 6.07 Å². The van der Waals surface area contributed by atoms with Gasteiger partial charge in [-0.25, -0.2) is 9.18 Å². The zero-order valence-electron chi connectivity index (χ0n) is 16.1. The fraction of sp³-hybridized carbons (Fsp3) is 0.391. The molecule has 2 N–H and O–H groups in total. The summed E-state index contributed by atoms with van der Waals surface area (Å²) in [4.78, 5) is 23.4. The van der Waals surface area contributed by atoms with Crippen LogP contribution in [0.2, 0.25) is 0 Å². The molecule has 28 heavy (non-hydrogen) atoms. The number of fused-ring (bicyclic) bond motifs is 1. The van der Waals surface area contributed by atoms with Gasteiger partial charge in [-0.05, 0) is 65.6 Å². The molecule has 0 radical (unpaired) electrons. The summed E-state index contributed by atoms with van der Waals surface area (Å²) >= 11 is 0. The fourth-order valence-electron chi connectivity index (χ4n) is 4.14. The average molecular weight is 381 g/mol. The van der Waals surface area contributed by atoms with E-state index >= 15 is 0 Å². The molecule has 4 nitrogen and oxygen atoms in total. The Morgan fingerprint density at radius 2 is 1.93 bits per heavy atom. The van der Waals surface area contributed by atoms with Gasteiger partial charge in [-0.3, -0.25) is 4.79 Å². The Morgan fingerprint density at radius 1 is 1.18 bits per heavy atom. The van der Waals surface area contributed by atoms with Gasteiger partial charge in [-0.1, -0.05) is 26.0 Å². The first-order valence-electron chi connectivity index (χ1n) is 9.68. The number of rotatable bonds is 5. The number of carboxylic acid groups (broad SMARTS) is 1. The minimum atomic E-state index is -0.939. The number of carboxylic acids is 1. The van der Waals surface area contributed by atoms with Crippen molar-refractivity contribution in [1.29, 1.82) is 0 Å². The molecule has 5 heteroatoms. The number of halogens is 1. The van der Waals surface area contributed by atoms with E-state index in [4.69, 9.17) is 0 Å². The molecule has 1 saturated carbocycles. The van der Waals surface area contributed by atoms with Crippen LogP contribution in [0.4, 0.5) is 10.1 Å². The van der Waals surface area contributed by atoms with Crippen molar-refractivity contribution in [2.75, 3.05) is 5.32 Å². The molecule has 0 spiro atoms. The number of carbonyl (C=O) groups is 2. The third kappa shape index (κ3) is 3.53. The van der Waals surface area contributed by atoms with Crippen molar-refractivity contribution in [2.24, 2.45) is 11.3 Å². The first-order valence-corrected chi connectivity index (χ1v) is 9.68. The Kier molecular flexibility index (Phi) is 4.48. The van der Waals surface area contributed by atoms with Crippen molar-refractivity contribution in [2.45, 2.75) is 45.6 Å². The van der Waals surface area contributed by atoms with Gasteiger partial charge < -0.3 is 10.4 Å². The van der Waals surface area contributed by atoms with E-state index in [1.54, 1.807) is 24.3 Å². The molecule has 1 atom stereocenters. The summed E-state index contributed by atoms with van der Waals surface area (Å²) in [7, 11) is 0. The SMILES string of the molecule is CC1(C)Cc2cc(C(=O)O)ccc2NC1c1ccc(F)c(CC(=O)C2CC2)c1. The predicted molar refractivity (Wildman–Crippen MR) is 105 cm³/mol. The smallest absolute Gasteiger partial charge is 0.335 e. The van der Waals surface area contributed by atoms with Crippen molar-refractivity contribution < 1.29 is 19.1 Å². The van der Waals surface area contributed by atoms with Crippen LogP contribution in [0.15, 0.2) is 36.4 Å². The first-order chi connectivity index (χ1) is 13.2. The molecule has 146 valence electrons. The predicted octanol–water partition coefficient (Wildman–Crippen LogP) is 4.78. The monoisotopic (exact) mass is 381 g/mol. The lowest BCUT2D eigenvalue weighted by molar-refractivity contribution is -0.119. The molecule has 1 heterocycles. The van der Waals surface area contributed by atoms with Crippen LogP contribution in [0.1, 0.15) is 59.8 Å². The Morgan fingerprint density at radius 3 is 2.61 bits per heavy atom. The number of nitrogens with one attached hydrogen (secondary N) is 1. The van der Waals surface area contributed by atoms with Gasteiger partial charge in [-0.15, -0.1) is 0 Å². The summed E-state index contributed by atoms with van der Waals surface area (Å²) < 4.78 is 14.3. The van der Waals surface area contributed by atoms with Gasteiger partial charge in [0.2, 0.25) is 0 Å². The normalized spacial score (nSPS) is 20.2. The van der Waals surface area contributed by atoms with Crippen LogP contribution in [-0.2, 0) is 17.6 Å². The minimum absolute atomic E-state index is 0.0638. The van der Waals surface area contributed by atoms with E-state index in [0.717, 1.165) is 29.7 Å². The zero-order chi connectivity index (χ0) is 20.1. The van der Waals surface area contributed by atoms with E-state index in [0.29, 0.717) is 12.0 Å². The Hall–Kier alpha value is -2.69. The number of hydrogen-bond acceptors (Lipinski definition) is 3. The highest BCUT2D eigenvalue weighted by atomic mass is 19.1. The lowest BCUT2D eigenvalue weighted by Crippen LogP contribution is -2.35. The lowest BCUT2D eigenvalue weighted by Gasteiger charge is -2.41. The molecule has 0 bridgehead atoms. The Bertz CT molecular complexity index is 962. The zero-order valence-corrected chi connectivity index (χ0v) is 16.1. The summed E-state index contributed by atoms with van der Waals surface area (Å²) in [6, 6.07) is 10.1. The summed E-state index contributed by atoms with van der Waals surface area (Å²) in [6.45, 7) is 4.22. The highest BCUT2D eigenvalue weighted by Gasteiger charge is 2.37. The molecule has 1 aliphatic heterocycles. The largest absolute Gasteiger partial charge is 0.478 e. The van der Waals surface area contributed by atoms with Crippen molar-refractivity contribution >= 4 is 17.4 Å². The maximum atomic E-state index is 14.3. The number of aromatic carboxylic acids is 1. The lowest BCUT2D eigenvalue weighted by atomic mass is 9.72. The average Bonchev–Trinajstić information content (AvgIpc) is 3.47. The van der Waals surface area contributed by atoms with Gasteiger partial charge in [0.25, 0.3) is 0 Å². The number of ketones is 1. The molecule has 2 aromatic rings. The molecule has 1 fully saturated rings. The van der Waals surface area contributed by atoms with Gasteiger partial charge in [0.15, 0.2) is 0 Å². The van der Waals surface area contributed by atoms with Gasteiger partial charge in [0.05, 0.1) is 11.6 Å². The van der Waals surface area contributed by atoms with Crippen molar-refractivity contribution in [1.82, 2.24) is 0 Å². The van der Waals surface area contributed by atoms with Crippen molar-refractivity contribution in [3.8, 4) is 0 Å². The maximum absolute atomic E-state index is 14.3. The Balaban J connectivity index is 1.65. The second-order valence-corrected chi connectivity index (χ2v) is 8.69. The van der Waals surface area contributed by atoms with Crippen LogP contribution in [0.25, 0.3) is 0 Å². The van der Waals surface area contributed by atoms with Crippen LogP contribution in [-0.4, -0.2) is 16.9 Å². The number of Topliss-reactive ketones (excluding diaryl/α,β-unsaturated/α-hetero) is 1. The van der Waals surface area contributed by atoms with Crippen LogP contribution >= 0.6 is 0 Å².